The summed E-state index contributed by atoms with van der Waals surface area (Å²) in [5.74, 6) is -0.365. The minimum atomic E-state index is -0.519. The molecule has 8 heteroatoms. The highest BCUT2D eigenvalue weighted by atomic mass is 35.5. The zero-order valence-corrected chi connectivity index (χ0v) is 15.8. The summed E-state index contributed by atoms with van der Waals surface area (Å²) in [7, 11) is 0. The van der Waals surface area contributed by atoms with E-state index in [2.05, 4.69) is 15.5 Å². The van der Waals surface area contributed by atoms with Crippen molar-refractivity contribution in [2.75, 3.05) is 13.2 Å². The van der Waals surface area contributed by atoms with Crippen molar-refractivity contribution in [2.45, 2.75) is 6.92 Å². The highest BCUT2D eigenvalue weighted by Crippen LogP contribution is 2.24. The molecule has 0 saturated heterocycles. The van der Waals surface area contributed by atoms with Gasteiger partial charge >= 0.3 is 5.97 Å². The van der Waals surface area contributed by atoms with E-state index in [4.69, 9.17) is 21.1 Å². The summed E-state index contributed by atoms with van der Waals surface area (Å²) in [5.41, 5.74) is 3.77. The van der Waals surface area contributed by atoms with Gasteiger partial charge in [-0.15, -0.1) is 0 Å². The summed E-state index contributed by atoms with van der Waals surface area (Å²) in [6, 6.07) is 14.1. The number of halogens is 1. The fraction of sp³-hybridized carbons (Fsp3) is 0.150. The summed E-state index contributed by atoms with van der Waals surface area (Å²) >= 11 is 6.01. The number of para-hydroxylation sites is 1. The van der Waals surface area contributed by atoms with Gasteiger partial charge in [-0.2, -0.15) is 5.10 Å². The molecule has 0 atom stereocenters. The van der Waals surface area contributed by atoms with Crippen LogP contribution in [0.15, 0.2) is 53.6 Å². The molecule has 0 fully saturated rings. The number of benzene rings is 2. The van der Waals surface area contributed by atoms with E-state index in [1.165, 1.54) is 6.21 Å². The second-order valence-electron chi connectivity index (χ2n) is 5.72. The van der Waals surface area contributed by atoms with Crippen LogP contribution in [0, 0.1) is 0 Å². The second kappa shape index (κ2) is 9.05. The van der Waals surface area contributed by atoms with Gasteiger partial charge in [-0.1, -0.05) is 35.9 Å². The number of fused-ring (bicyclic) bond motifs is 1. The molecule has 1 aromatic heterocycles. The van der Waals surface area contributed by atoms with Crippen LogP contribution in [0.5, 0.6) is 5.75 Å². The Bertz CT molecular complexity index is 1010. The number of rotatable bonds is 7. The van der Waals surface area contributed by atoms with Crippen molar-refractivity contribution in [1.82, 2.24) is 10.4 Å². The van der Waals surface area contributed by atoms with Crippen LogP contribution in [0.25, 0.3) is 10.9 Å². The number of hydrogen-bond acceptors (Lipinski definition) is 5. The molecule has 0 saturated carbocycles. The first-order chi connectivity index (χ1) is 13.6. The first kappa shape index (κ1) is 19.4. The summed E-state index contributed by atoms with van der Waals surface area (Å²) in [6.45, 7) is 1.77. The number of hydrogen-bond donors (Lipinski definition) is 2. The molecule has 0 aliphatic heterocycles. The zero-order valence-electron chi connectivity index (χ0n) is 15.1. The Morgan fingerprint density at radius 2 is 2.00 bits per heavy atom. The Balaban J connectivity index is 1.73. The van der Waals surface area contributed by atoms with Gasteiger partial charge in [0.05, 0.1) is 12.8 Å². The van der Waals surface area contributed by atoms with E-state index in [9.17, 15) is 9.59 Å². The predicted molar refractivity (Wildman–Crippen MR) is 107 cm³/mol. The zero-order chi connectivity index (χ0) is 19.9. The molecule has 0 unspecified atom stereocenters. The van der Waals surface area contributed by atoms with E-state index < -0.39 is 11.9 Å². The Hall–Kier alpha value is -3.32. The van der Waals surface area contributed by atoms with Gasteiger partial charge in [-0.25, -0.2) is 10.2 Å². The van der Waals surface area contributed by atoms with Gasteiger partial charge in [0.1, 0.15) is 11.4 Å². The van der Waals surface area contributed by atoms with Crippen molar-refractivity contribution in [3.8, 4) is 5.75 Å². The minimum Gasteiger partial charge on any atom is -0.484 e. The molecule has 2 N–H and O–H groups in total. The topological polar surface area (TPSA) is 92.8 Å². The van der Waals surface area contributed by atoms with Gasteiger partial charge in [-0.3, -0.25) is 4.79 Å². The number of carbonyl (C=O) groups is 2. The van der Waals surface area contributed by atoms with Gasteiger partial charge in [-0.05, 0) is 31.2 Å². The third-order valence-electron chi connectivity index (χ3n) is 3.78. The Morgan fingerprint density at radius 3 is 2.75 bits per heavy atom. The Kier molecular flexibility index (Phi) is 6.29. The molecule has 0 bridgehead atoms. The van der Waals surface area contributed by atoms with Crippen LogP contribution in [0.3, 0.4) is 0 Å². The number of carbonyl (C=O) groups excluding carboxylic acids is 2. The van der Waals surface area contributed by atoms with Crippen LogP contribution in [-0.4, -0.2) is 36.3 Å². The number of amides is 1. The number of aromatic nitrogens is 1. The normalized spacial score (nSPS) is 10.9. The Labute approximate surface area is 166 Å². The molecule has 0 radical (unpaired) electrons. The molecule has 0 spiro atoms. The number of nitrogens with zero attached hydrogens (tertiary/aromatic N) is 1. The number of hydrazone groups is 1. The first-order valence-corrected chi connectivity index (χ1v) is 8.94. The van der Waals surface area contributed by atoms with E-state index in [-0.39, 0.29) is 18.9 Å². The van der Waals surface area contributed by atoms with Crippen molar-refractivity contribution in [1.29, 1.82) is 0 Å². The molecule has 1 amide bonds. The van der Waals surface area contributed by atoms with Gasteiger partial charge in [0.25, 0.3) is 5.91 Å². The maximum Gasteiger partial charge on any atom is 0.355 e. The molecule has 0 aliphatic carbocycles. The maximum atomic E-state index is 12.2. The summed E-state index contributed by atoms with van der Waals surface area (Å²) < 4.78 is 10.4. The van der Waals surface area contributed by atoms with Gasteiger partial charge in [0.15, 0.2) is 6.61 Å². The average molecular weight is 400 g/mol. The molecule has 3 rings (SSSR count). The van der Waals surface area contributed by atoms with Crippen molar-refractivity contribution in [3.63, 3.8) is 0 Å². The first-order valence-electron chi connectivity index (χ1n) is 8.56. The standard InChI is InChI=1S/C20H18ClN3O4/c1-2-27-20(26)19-16(15-9-8-13(21)10-17(15)23-19)11-22-24-18(25)12-28-14-6-4-3-5-7-14/h3-11,23H,2,12H2,1H3,(H,24,25)/b22-11+. The SMILES string of the molecule is CCOC(=O)c1[nH]c2cc(Cl)ccc2c1/C=N/NC(=O)COc1ccccc1. The van der Waals surface area contributed by atoms with Crippen molar-refractivity contribution in [2.24, 2.45) is 5.10 Å². The van der Waals surface area contributed by atoms with Crippen molar-refractivity contribution >= 4 is 40.6 Å². The smallest absolute Gasteiger partial charge is 0.355 e. The van der Waals surface area contributed by atoms with E-state index in [1.54, 1.807) is 37.3 Å². The van der Waals surface area contributed by atoms with E-state index in [1.807, 2.05) is 18.2 Å². The Morgan fingerprint density at radius 1 is 1.21 bits per heavy atom. The van der Waals surface area contributed by atoms with Gasteiger partial charge < -0.3 is 14.5 Å². The summed E-state index contributed by atoms with van der Waals surface area (Å²) in [5, 5.41) is 5.19. The largest absolute Gasteiger partial charge is 0.484 e. The summed E-state index contributed by atoms with van der Waals surface area (Å²) in [6.07, 6.45) is 1.39. The van der Waals surface area contributed by atoms with Crippen LogP contribution in [0.2, 0.25) is 5.02 Å². The maximum absolute atomic E-state index is 12.2. The molecule has 28 heavy (non-hydrogen) atoms. The predicted octanol–water partition coefficient (Wildman–Crippen LogP) is 3.53. The van der Waals surface area contributed by atoms with Crippen LogP contribution in [0.4, 0.5) is 0 Å². The highest BCUT2D eigenvalue weighted by molar-refractivity contribution is 6.31. The second-order valence-corrected chi connectivity index (χ2v) is 6.16. The third-order valence-corrected chi connectivity index (χ3v) is 4.01. The van der Waals surface area contributed by atoms with Crippen LogP contribution >= 0.6 is 11.6 Å². The number of H-pyrrole nitrogens is 1. The average Bonchev–Trinajstić information content (AvgIpc) is 3.05. The lowest BCUT2D eigenvalue weighted by atomic mass is 10.1. The number of esters is 1. The number of ether oxygens (including phenoxy) is 2. The lowest BCUT2D eigenvalue weighted by molar-refractivity contribution is -0.123. The monoisotopic (exact) mass is 399 g/mol. The number of aromatic amines is 1. The minimum absolute atomic E-state index is 0.185. The van der Waals surface area contributed by atoms with Crippen molar-refractivity contribution in [3.05, 3.63) is 64.8 Å². The molecular formula is C20H18ClN3O4. The molecule has 144 valence electrons. The van der Waals surface area contributed by atoms with Gasteiger partial charge in [0.2, 0.25) is 0 Å². The van der Waals surface area contributed by atoms with E-state index >= 15 is 0 Å². The lowest BCUT2D eigenvalue weighted by Crippen LogP contribution is -2.24. The molecule has 1 heterocycles. The van der Waals surface area contributed by atoms with Crippen LogP contribution < -0.4 is 10.2 Å². The van der Waals surface area contributed by atoms with Crippen LogP contribution in [-0.2, 0) is 9.53 Å². The van der Waals surface area contributed by atoms with Gasteiger partial charge in [0, 0.05) is 21.5 Å². The number of nitrogens with one attached hydrogen (secondary N) is 2. The highest BCUT2D eigenvalue weighted by Gasteiger charge is 2.18. The molecule has 7 nitrogen and oxygen atoms in total. The lowest BCUT2D eigenvalue weighted by Gasteiger charge is -2.04. The third kappa shape index (κ3) is 4.69. The van der Waals surface area contributed by atoms with E-state index in [0.29, 0.717) is 21.9 Å². The fourth-order valence-corrected chi connectivity index (χ4v) is 2.73. The molecule has 2 aromatic carbocycles. The van der Waals surface area contributed by atoms with Crippen molar-refractivity contribution < 1.29 is 19.1 Å². The molecule has 0 aliphatic rings. The summed E-state index contributed by atoms with van der Waals surface area (Å²) in [4.78, 5) is 27.1. The van der Waals surface area contributed by atoms with E-state index in [0.717, 1.165) is 5.39 Å². The fourth-order valence-electron chi connectivity index (χ4n) is 2.56. The van der Waals surface area contributed by atoms with Crippen LogP contribution in [0.1, 0.15) is 23.0 Å². The molecule has 3 aromatic rings. The molecular weight excluding hydrogens is 382 g/mol. The quantitative estimate of drug-likeness (QED) is 0.361.